The molecule has 4 aromatic carbocycles. The number of carbonyl (C=O) groups excluding carboxylic acids is 1. The molecule has 5 heteroatoms. The Morgan fingerprint density at radius 1 is 0.818 bits per heavy atom. The van der Waals surface area contributed by atoms with E-state index in [4.69, 9.17) is 14.5 Å². The molecule has 0 atom stereocenters. The van der Waals surface area contributed by atoms with Crippen LogP contribution in [0.4, 0.5) is 0 Å². The Balaban J connectivity index is 1.49. The van der Waals surface area contributed by atoms with Gasteiger partial charge in [-0.2, -0.15) is 0 Å². The highest BCUT2D eigenvalue weighted by atomic mass is 16.5. The summed E-state index contributed by atoms with van der Waals surface area (Å²) in [7, 11) is 1.38. The van der Waals surface area contributed by atoms with Crippen molar-refractivity contribution in [3.05, 3.63) is 114 Å². The zero-order valence-electron chi connectivity index (χ0n) is 18.1. The van der Waals surface area contributed by atoms with E-state index in [1.54, 1.807) is 12.1 Å². The largest absolute Gasteiger partial charge is 0.489 e. The summed E-state index contributed by atoms with van der Waals surface area (Å²) in [5.41, 5.74) is 5.41. The fourth-order valence-electron chi connectivity index (χ4n) is 3.79. The lowest BCUT2D eigenvalue weighted by Crippen LogP contribution is -2.01. The summed E-state index contributed by atoms with van der Waals surface area (Å²) >= 11 is 0. The maximum atomic E-state index is 11.8. The van der Waals surface area contributed by atoms with Gasteiger partial charge in [0.2, 0.25) is 0 Å². The topological polar surface area (TPSA) is 53.3 Å². The van der Waals surface area contributed by atoms with Crippen LogP contribution in [0.3, 0.4) is 0 Å². The fourth-order valence-corrected chi connectivity index (χ4v) is 3.79. The van der Waals surface area contributed by atoms with E-state index in [0.717, 1.165) is 39.4 Å². The number of imidazole rings is 1. The van der Waals surface area contributed by atoms with E-state index in [1.165, 1.54) is 7.11 Å². The van der Waals surface area contributed by atoms with Crippen LogP contribution in [-0.4, -0.2) is 22.6 Å². The number of nitrogens with zero attached hydrogens (tertiary/aromatic N) is 2. The van der Waals surface area contributed by atoms with Gasteiger partial charge in [0.1, 0.15) is 18.2 Å². The first-order valence-corrected chi connectivity index (χ1v) is 10.7. The molecule has 0 spiro atoms. The Morgan fingerprint density at radius 3 is 2.24 bits per heavy atom. The highest BCUT2D eigenvalue weighted by molar-refractivity contribution is 5.90. The number of benzene rings is 4. The van der Waals surface area contributed by atoms with Crippen LogP contribution in [0.5, 0.6) is 5.75 Å². The molecule has 0 amide bonds. The standard InChI is InChI=1S/C28H22N2O3/c1-32-28(31)22-13-11-21(12-14-22)27-29-25-9-5-6-10-26(25)30(27)23-15-17-24(18-16-23)33-19-20-7-3-2-4-8-20/h2-18H,19H2,1H3. The fraction of sp³-hybridized carbons (Fsp3) is 0.0714. The van der Waals surface area contributed by atoms with Crippen LogP contribution in [0.1, 0.15) is 15.9 Å². The number of methoxy groups -OCH3 is 1. The summed E-state index contributed by atoms with van der Waals surface area (Å²) < 4.78 is 12.9. The number of para-hydroxylation sites is 2. The number of hydrogen-bond acceptors (Lipinski definition) is 4. The monoisotopic (exact) mass is 434 g/mol. The van der Waals surface area contributed by atoms with E-state index in [2.05, 4.69) is 10.6 Å². The van der Waals surface area contributed by atoms with E-state index < -0.39 is 0 Å². The summed E-state index contributed by atoms with van der Waals surface area (Å²) in [5.74, 6) is 1.24. The number of fused-ring (bicyclic) bond motifs is 1. The molecule has 1 heterocycles. The Kier molecular flexibility index (Phi) is 5.60. The van der Waals surface area contributed by atoms with Gasteiger partial charge in [-0.15, -0.1) is 0 Å². The molecule has 5 aromatic rings. The minimum atomic E-state index is -0.360. The average Bonchev–Trinajstić information content (AvgIpc) is 3.27. The summed E-state index contributed by atoms with van der Waals surface area (Å²) in [6.45, 7) is 0.520. The third-order valence-electron chi connectivity index (χ3n) is 5.47. The molecule has 0 N–H and O–H groups in total. The van der Waals surface area contributed by atoms with Gasteiger partial charge in [-0.05, 0) is 54.1 Å². The van der Waals surface area contributed by atoms with Gasteiger partial charge in [0.15, 0.2) is 0 Å². The van der Waals surface area contributed by atoms with Gasteiger partial charge in [0.05, 0.1) is 23.7 Å². The van der Waals surface area contributed by atoms with E-state index in [0.29, 0.717) is 12.2 Å². The predicted octanol–water partition coefficient (Wildman–Crippen LogP) is 6.06. The summed E-state index contributed by atoms with van der Waals surface area (Å²) in [4.78, 5) is 16.7. The zero-order valence-corrected chi connectivity index (χ0v) is 18.1. The number of hydrogen-bond donors (Lipinski definition) is 0. The number of carbonyl (C=O) groups is 1. The number of aromatic nitrogens is 2. The summed E-state index contributed by atoms with van der Waals surface area (Å²) in [6, 6.07) is 33.4. The van der Waals surface area contributed by atoms with Crippen molar-refractivity contribution in [1.82, 2.24) is 9.55 Å². The normalized spacial score (nSPS) is 10.8. The maximum Gasteiger partial charge on any atom is 0.337 e. The average molecular weight is 434 g/mol. The van der Waals surface area contributed by atoms with Gasteiger partial charge >= 0.3 is 5.97 Å². The third kappa shape index (κ3) is 4.21. The summed E-state index contributed by atoms with van der Waals surface area (Å²) in [5, 5.41) is 0. The van der Waals surface area contributed by atoms with Gasteiger partial charge in [-0.25, -0.2) is 9.78 Å². The SMILES string of the molecule is COC(=O)c1ccc(-c2nc3ccccc3n2-c2ccc(OCc3ccccc3)cc2)cc1. The Labute approximate surface area is 191 Å². The molecule has 0 aliphatic carbocycles. The molecule has 0 bridgehead atoms. The highest BCUT2D eigenvalue weighted by Gasteiger charge is 2.15. The van der Waals surface area contributed by atoms with Gasteiger partial charge in [-0.3, -0.25) is 4.57 Å². The number of esters is 1. The molecule has 0 saturated carbocycles. The Morgan fingerprint density at radius 2 is 1.52 bits per heavy atom. The van der Waals surface area contributed by atoms with Crippen LogP contribution in [0.25, 0.3) is 28.1 Å². The smallest absolute Gasteiger partial charge is 0.337 e. The maximum absolute atomic E-state index is 11.8. The molecule has 1 aromatic heterocycles. The second-order valence-corrected chi connectivity index (χ2v) is 7.60. The number of ether oxygens (including phenoxy) is 2. The van der Waals surface area contributed by atoms with Gasteiger partial charge in [-0.1, -0.05) is 54.6 Å². The van der Waals surface area contributed by atoms with Crippen LogP contribution in [0.2, 0.25) is 0 Å². The number of rotatable bonds is 6. The summed E-state index contributed by atoms with van der Waals surface area (Å²) in [6.07, 6.45) is 0. The first-order valence-electron chi connectivity index (χ1n) is 10.7. The second-order valence-electron chi connectivity index (χ2n) is 7.60. The van der Waals surface area contributed by atoms with E-state index in [9.17, 15) is 4.79 Å². The van der Waals surface area contributed by atoms with Gasteiger partial charge in [0, 0.05) is 11.3 Å². The predicted molar refractivity (Wildman–Crippen MR) is 129 cm³/mol. The second kappa shape index (κ2) is 9.01. The highest BCUT2D eigenvalue weighted by Crippen LogP contribution is 2.30. The lowest BCUT2D eigenvalue weighted by molar-refractivity contribution is 0.0600. The minimum Gasteiger partial charge on any atom is -0.489 e. The van der Waals surface area contributed by atoms with Crippen LogP contribution >= 0.6 is 0 Å². The lowest BCUT2D eigenvalue weighted by Gasteiger charge is -2.12. The van der Waals surface area contributed by atoms with Crippen molar-refractivity contribution in [2.75, 3.05) is 7.11 Å². The van der Waals surface area contributed by atoms with Crippen LogP contribution in [0, 0.1) is 0 Å². The molecule has 0 aliphatic heterocycles. The molecule has 0 fully saturated rings. The van der Waals surface area contributed by atoms with E-state index >= 15 is 0 Å². The first-order chi connectivity index (χ1) is 16.2. The van der Waals surface area contributed by atoms with Crippen molar-refractivity contribution in [1.29, 1.82) is 0 Å². The molecule has 5 rings (SSSR count). The Bertz CT molecular complexity index is 1390. The Hall–Kier alpha value is -4.38. The lowest BCUT2D eigenvalue weighted by atomic mass is 10.1. The van der Waals surface area contributed by atoms with Gasteiger partial charge in [0.25, 0.3) is 0 Å². The van der Waals surface area contributed by atoms with Crippen molar-refractivity contribution in [3.8, 4) is 22.8 Å². The molecule has 33 heavy (non-hydrogen) atoms. The van der Waals surface area contributed by atoms with Crippen molar-refractivity contribution in [2.24, 2.45) is 0 Å². The molecule has 0 saturated heterocycles. The van der Waals surface area contributed by atoms with Crippen LogP contribution in [-0.2, 0) is 11.3 Å². The molecule has 0 unspecified atom stereocenters. The van der Waals surface area contributed by atoms with Crippen molar-refractivity contribution in [2.45, 2.75) is 6.61 Å². The van der Waals surface area contributed by atoms with Crippen molar-refractivity contribution in [3.63, 3.8) is 0 Å². The zero-order chi connectivity index (χ0) is 22.6. The van der Waals surface area contributed by atoms with Crippen molar-refractivity contribution >= 4 is 17.0 Å². The minimum absolute atomic E-state index is 0.360. The van der Waals surface area contributed by atoms with Crippen LogP contribution < -0.4 is 4.74 Å². The third-order valence-corrected chi connectivity index (χ3v) is 5.47. The molecule has 0 radical (unpaired) electrons. The molecule has 0 aliphatic rings. The molecular formula is C28H22N2O3. The first kappa shape index (κ1) is 20.5. The quantitative estimate of drug-likeness (QED) is 0.305. The van der Waals surface area contributed by atoms with Gasteiger partial charge < -0.3 is 9.47 Å². The van der Waals surface area contributed by atoms with E-state index in [1.807, 2.05) is 84.9 Å². The van der Waals surface area contributed by atoms with Crippen molar-refractivity contribution < 1.29 is 14.3 Å². The van der Waals surface area contributed by atoms with E-state index in [-0.39, 0.29) is 5.97 Å². The molecule has 5 nitrogen and oxygen atoms in total. The van der Waals surface area contributed by atoms with Crippen LogP contribution in [0.15, 0.2) is 103 Å². The molecule has 162 valence electrons. The molecular weight excluding hydrogens is 412 g/mol.